The maximum atomic E-state index is 13.8. The van der Waals surface area contributed by atoms with Gasteiger partial charge in [-0.15, -0.1) is 0 Å². The van der Waals surface area contributed by atoms with Crippen molar-refractivity contribution in [2.45, 2.75) is 17.5 Å². The number of nitrogens with zero attached hydrogens (tertiary/aromatic N) is 2. The summed E-state index contributed by atoms with van der Waals surface area (Å²) < 4.78 is 38.9. The molecule has 4 rings (SSSR count). The number of anilines is 1. The second-order valence-electron chi connectivity index (χ2n) is 8.11. The lowest BCUT2D eigenvalue weighted by molar-refractivity contribution is -0.133. The molecule has 0 bridgehead atoms. The molecule has 2 amide bonds. The van der Waals surface area contributed by atoms with Crippen LogP contribution in [-0.2, 0) is 21.4 Å². The normalized spacial score (nSPS) is 15.9. The lowest BCUT2D eigenvalue weighted by Crippen LogP contribution is -2.53. The molecular formula is C25H24ClN3O7S. The van der Waals surface area contributed by atoms with Gasteiger partial charge in [-0.3, -0.25) is 14.8 Å². The molecule has 1 unspecified atom stereocenters. The number of benzene rings is 3. The van der Waals surface area contributed by atoms with Gasteiger partial charge in [0.15, 0.2) is 0 Å². The molecule has 3 aromatic carbocycles. The summed E-state index contributed by atoms with van der Waals surface area (Å²) in [6, 6.07) is 15.5. The van der Waals surface area contributed by atoms with Crippen molar-refractivity contribution in [1.82, 2.24) is 9.79 Å². The van der Waals surface area contributed by atoms with Crippen LogP contribution >= 0.6 is 11.6 Å². The van der Waals surface area contributed by atoms with E-state index in [4.69, 9.17) is 21.1 Å². The van der Waals surface area contributed by atoms with Crippen molar-refractivity contribution in [3.63, 3.8) is 0 Å². The van der Waals surface area contributed by atoms with E-state index in [1.807, 2.05) is 0 Å². The molecule has 1 atom stereocenters. The predicted molar refractivity (Wildman–Crippen MR) is 136 cm³/mol. The summed E-state index contributed by atoms with van der Waals surface area (Å²) in [6.07, 6.45) is 0. The van der Waals surface area contributed by atoms with Crippen LogP contribution in [0.5, 0.6) is 11.5 Å². The van der Waals surface area contributed by atoms with Gasteiger partial charge in [0, 0.05) is 17.3 Å². The number of para-hydroxylation sites is 1. The number of carbonyl (C=O) groups excluding carboxylic acids is 2. The van der Waals surface area contributed by atoms with Crippen LogP contribution < -0.4 is 19.9 Å². The minimum Gasteiger partial charge on any atom is -0.497 e. The highest BCUT2D eigenvalue weighted by atomic mass is 35.5. The topological polar surface area (TPSA) is 125 Å². The summed E-state index contributed by atoms with van der Waals surface area (Å²) in [5.41, 5.74) is 2.60. The summed E-state index contributed by atoms with van der Waals surface area (Å²) in [7, 11) is -1.41. The minimum absolute atomic E-state index is 0.0827. The number of methoxy groups -OCH3 is 2. The van der Waals surface area contributed by atoms with Crippen LogP contribution in [0.25, 0.3) is 0 Å². The Balaban J connectivity index is 1.84. The monoisotopic (exact) mass is 545 g/mol. The molecule has 194 valence electrons. The zero-order valence-electron chi connectivity index (χ0n) is 19.9. The van der Waals surface area contributed by atoms with Crippen molar-refractivity contribution in [2.24, 2.45) is 0 Å². The number of fused-ring (bicyclic) bond motifs is 1. The van der Waals surface area contributed by atoms with Gasteiger partial charge in [0.25, 0.3) is 11.8 Å². The van der Waals surface area contributed by atoms with E-state index in [1.165, 1.54) is 61.6 Å². The van der Waals surface area contributed by atoms with Crippen molar-refractivity contribution in [1.29, 1.82) is 0 Å². The first-order valence-corrected chi connectivity index (χ1v) is 12.9. The molecule has 0 spiro atoms. The number of amides is 2. The molecule has 2 N–H and O–H groups in total. The number of nitrogens with one attached hydrogen (secondary N) is 1. The third-order valence-electron chi connectivity index (χ3n) is 6.03. The highest BCUT2D eigenvalue weighted by Crippen LogP contribution is 2.34. The van der Waals surface area contributed by atoms with Crippen LogP contribution in [0, 0.1) is 0 Å². The molecule has 0 aromatic heterocycles. The molecule has 10 nitrogen and oxygen atoms in total. The van der Waals surface area contributed by atoms with Crippen LogP contribution in [0.1, 0.15) is 15.9 Å². The van der Waals surface area contributed by atoms with Crippen molar-refractivity contribution in [3.05, 3.63) is 82.9 Å². The Morgan fingerprint density at radius 3 is 2.38 bits per heavy atom. The number of halogens is 1. The summed E-state index contributed by atoms with van der Waals surface area (Å²) in [6.45, 7) is -0.617. The number of hydrogen-bond acceptors (Lipinski definition) is 7. The Kier molecular flexibility index (Phi) is 7.69. The average Bonchev–Trinajstić information content (AvgIpc) is 3.10. The zero-order chi connectivity index (χ0) is 26.7. The van der Waals surface area contributed by atoms with Gasteiger partial charge in [-0.2, -0.15) is 4.31 Å². The van der Waals surface area contributed by atoms with E-state index in [-0.39, 0.29) is 29.3 Å². The molecule has 0 saturated carbocycles. The van der Waals surface area contributed by atoms with E-state index >= 15 is 0 Å². The first-order chi connectivity index (χ1) is 17.7. The van der Waals surface area contributed by atoms with Crippen LogP contribution in [0.3, 0.4) is 0 Å². The van der Waals surface area contributed by atoms with Gasteiger partial charge in [-0.1, -0.05) is 29.8 Å². The van der Waals surface area contributed by atoms with E-state index in [9.17, 15) is 23.2 Å². The van der Waals surface area contributed by atoms with Crippen LogP contribution in [0.2, 0.25) is 5.02 Å². The molecule has 0 aliphatic carbocycles. The molecule has 0 saturated heterocycles. The number of hydrogen-bond donors (Lipinski definition) is 2. The summed E-state index contributed by atoms with van der Waals surface area (Å²) in [5, 5.41) is 9.86. The Bertz CT molecular complexity index is 1430. The van der Waals surface area contributed by atoms with Gasteiger partial charge in [-0.05, 0) is 54.1 Å². The fourth-order valence-electron chi connectivity index (χ4n) is 4.15. The van der Waals surface area contributed by atoms with E-state index < -0.39 is 27.9 Å². The van der Waals surface area contributed by atoms with Gasteiger partial charge >= 0.3 is 0 Å². The first-order valence-electron chi connectivity index (χ1n) is 11.0. The van der Waals surface area contributed by atoms with E-state index in [0.29, 0.717) is 22.0 Å². The first kappa shape index (κ1) is 26.4. The number of ether oxygens (including phenoxy) is 2. The van der Waals surface area contributed by atoms with Gasteiger partial charge < -0.3 is 14.4 Å². The van der Waals surface area contributed by atoms with Gasteiger partial charge in [0.05, 0.1) is 31.2 Å². The maximum Gasteiger partial charge on any atom is 0.263 e. The molecule has 12 heteroatoms. The molecule has 1 aliphatic heterocycles. The second-order valence-corrected chi connectivity index (χ2v) is 10.4. The number of hydroxylamine groups is 1. The van der Waals surface area contributed by atoms with Crippen LogP contribution in [-0.4, -0.2) is 56.6 Å². The number of sulfonamides is 1. The summed E-state index contributed by atoms with van der Waals surface area (Å²) in [5.74, 6) is -0.866. The molecule has 37 heavy (non-hydrogen) atoms. The zero-order valence-corrected chi connectivity index (χ0v) is 21.5. The quantitative estimate of drug-likeness (QED) is 0.360. The maximum absolute atomic E-state index is 13.8. The number of carbonyl (C=O) groups is 2. The van der Waals surface area contributed by atoms with E-state index in [2.05, 4.69) is 0 Å². The van der Waals surface area contributed by atoms with Crippen LogP contribution in [0.15, 0.2) is 71.6 Å². The van der Waals surface area contributed by atoms with E-state index in [0.717, 1.165) is 4.31 Å². The smallest absolute Gasteiger partial charge is 0.263 e. The molecule has 3 aromatic rings. The van der Waals surface area contributed by atoms with Crippen molar-refractivity contribution in [3.8, 4) is 11.5 Å². The molecule has 0 fully saturated rings. The fourth-order valence-corrected chi connectivity index (χ4v) is 5.87. The Hall–Kier alpha value is -3.64. The molecule has 1 heterocycles. The predicted octanol–water partition coefficient (Wildman–Crippen LogP) is 3.08. The molecular weight excluding hydrogens is 522 g/mol. The standard InChI is InChI=1S/C25H24ClN3O7S/c1-35-18-8-10-19(11-9-18)37(33,34)29-14-16-5-3-4-6-21(16)28(15-22(29)24(30)27-32)25(31)20-12-7-17(26)13-23(20)36-2/h3-13,22,32H,14-15H2,1-2H3,(H,27,30). The van der Waals surface area contributed by atoms with Crippen molar-refractivity contribution < 1.29 is 32.7 Å². The third kappa shape index (κ3) is 5.12. The van der Waals surface area contributed by atoms with Gasteiger partial charge in [0.1, 0.15) is 17.5 Å². The van der Waals surface area contributed by atoms with Crippen molar-refractivity contribution >= 4 is 39.1 Å². The lowest BCUT2D eigenvalue weighted by atomic mass is 10.1. The molecule has 0 radical (unpaired) electrons. The van der Waals surface area contributed by atoms with Gasteiger partial charge in [-0.25, -0.2) is 13.9 Å². The van der Waals surface area contributed by atoms with E-state index in [1.54, 1.807) is 29.7 Å². The third-order valence-corrected chi connectivity index (χ3v) is 8.13. The van der Waals surface area contributed by atoms with Crippen molar-refractivity contribution in [2.75, 3.05) is 25.7 Å². The Labute approximate surface area is 219 Å². The summed E-state index contributed by atoms with van der Waals surface area (Å²) in [4.78, 5) is 27.9. The SMILES string of the molecule is COc1ccc(S(=O)(=O)N2Cc3ccccc3N(C(=O)c3ccc(Cl)cc3OC)CC2C(=O)NO)cc1. The summed E-state index contributed by atoms with van der Waals surface area (Å²) >= 11 is 6.06. The minimum atomic E-state index is -4.26. The van der Waals surface area contributed by atoms with Gasteiger partial charge in [0.2, 0.25) is 10.0 Å². The molecule has 1 aliphatic rings. The average molecular weight is 546 g/mol. The highest BCUT2D eigenvalue weighted by Gasteiger charge is 2.42. The van der Waals surface area contributed by atoms with Crippen LogP contribution in [0.4, 0.5) is 5.69 Å². The number of rotatable bonds is 6. The highest BCUT2D eigenvalue weighted by molar-refractivity contribution is 7.89. The second kappa shape index (κ2) is 10.8. The Morgan fingerprint density at radius 2 is 1.73 bits per heavy atom. The fraction of sp³-hybridized carbons (Fsp3) is 0.200. The largest absolute Gasteiger partial charge is 0.497 e. The Morgan fingerprint density at radius 1 is 1.03 bits per heavy atom. The lowest BCUT2D eigenvalue weighted by Gasteiger charge is -2.30.